The lowest BCUT2D eigenvalue weighted by Crippen LogP contribution is -2.37. The van der Waals surface area contributed by atoms with Crippen molar-refractivity contribution in [2.45, 2.75) is 33.2 Å². The Morgan fingerprint density at radius 3 is 2.64 bits per heavy atom. The second-order valence-corrected chi connectivity index (χ2v) is 4.95. The van der Waals surface area contributed by atoms with Gasteiger partial charge in [-0.1, -0.05) is 13.0 Å². The molecule has 0 unspecified atom stereocenters. The number of hydrogen-bond acceptors (Lipinski definition) is 3. The highest BCUT2D eigenvalue weighted by Crippen LogP contribution is 2.30. The van der Waals surface area contributed by atoms with Crippen molar-refractivity contribution in [3.8, 4) is 11.5 Å². The van der Waals surface area contributed by atoms with E-state index in [9.17, 15) is 0 Å². The van der Waals surface area contributed by atoms with Gasteiger partial charge in [-0.05, 0) is 31.0 Å². The van der Waals surface area contributed by atoms with E-state index in [-0.39, 0.29) is 24.0 Å². The fourth-order valence-corrected chi connectivity index (χ4v) is 2.06. The van der Waals surface area contributed by atoms with Gasteiger partial charge in [0.15, 0.2) is 17.5 Å². The number of guanidine groups is 1. The van der Waals surface area contributed by atoms with Crippen LogP contribution in [0.25, 0.3) is 0 Å². The molecule has 1 aliphatic heterocycles. The summed E-state index contributed by atoms with van der Waals surface area (Å²) in [7, 11) is 0. The largest absolute Gasteiger partial charge is 0.490 e. The van der Waals surface area contributed by atoms with Gasteiger partial charge in [-0.2, -0.15) is 0 Å². The molecule has 0 aromatic heterocycles. The molecule has 0 spiro atoms. The fourth-order valence-electron chi connectivity index (χ4n) is 2.06. The molecule has 0 atom stereocenters. The molecular formula is C16H26IN3O2. The number of hydrogen-bond donors (Lipinski definition) is 2. The summed E-state index contributed by atoms with van der Waals surface area (Å²) in [5.41, 5.74) is 1.12. The van der Waals surface area contributed by atoms with Crippen LogP contribution in [0.3, 0.4) is 0 Å². The van der Waals surface area contributed by atoms with Gasteiger partial charge in [-0.15, -0.1) is 24.0 Å². The van der Waals surface area contributed by atoms with Crippen molar-refractivity contribution >= 4 is 29.9 Å². The summed E-state index contributed by atoms with van der Waals surface area (Å²) >= 11 is 0. The Morgan fingerprint density at radius 1 is 1.14 bits per heavy atom. The summed E-state index contributed by atoms with van der Waals surface area (Å²) < 4.78 is 11.3. The first-order valence-electron chi connectivity index (χ1n) is 7.74. The molecule has 5 nitrogen and oxygen atoms in total. The summed E-state index contributed by atoms with van der Waals surface area (Å²) in [4.78, 5) is 4.59. The molecule has 0 amide bonds. The molecule has 0 fully saturated rings. The predicted octanol–water partition coefficient (Wildman–Crippen LogP) is 2.93. The van der Waals surface area contributed by atoms with Gasteiger partial charge in [-0.3, -0.25) is 0 Å². The summed E-state index contributed by atoms with van der Waals surface area (Å²) in [5, 5.41) is 6.54. The third-order valence-corrected chi connectivity index (χ3v) is 3.12. The zero-order chi connectivity index (χ0) is 14.9. The van der Waals surface area contributed by atoms with E-state index in [1.807, 2.05) is 18.2 Å². The maximum Gasteiger partial charge on any atom is 0.191 e. The van der Waals surface area contributed by atoms with Gasteiger partial charge < -0.3 is 20.1 Å². The highest BCUT2D eigenvalue weighted by atomic mass is 127. The third kappa shape index (κ3) is 5.90. The zero-order valence-electron chi connectivity index (χ0n) is 13.4. The maximum absolute atomic E-state index is 5.70. The molecule has 1 aromatic rings. The number of nitrogens with zero attached hydrogens (tertiary/aromatic N) is 1. The van der Waals surface area contributed by atoms with Gasteiger partial charge in [-0.25, -0.2) is 4.99 Å². The van der Waals surface area contributed by atoms with Gasteiger partial charge >= 0.3 is 0 Å². The van der Waals surface area contributed by atoms with E-state index in [1.165, 1.54) is 0 Å². The minimum atomic E-state index is 0. The third-order valence-electron chi connectivity index (χ3n) is 3.12. The maximum atomic E-state index is 5.70. The first kappa shape index (κ1) is 18.9. The summed E-state index contributed by atoms with van der Waals surface area (Å²) in [6, 6.07) is 6.03. The summed E-state index contributed by atoms with van der Waals surface area (Å²) in [6.45, 7) is 8.03. The average Bonchev–Trinajstić information content (AvgIpc) is 2.74. The van der Waals surface area contributed by atoms with Crippen LogP contribution in [0.1, 0.15) is 32.3 Å². The van der Waals surface area contributed by atoms with Crippen LogP contribution < -0.4 is 20.1 Å². The van der Waals surface area contributed by atoms with E-state index >= 15 is 0 Å². The molecule has 0 saturated carbocycles. The number of aliphatic imine (C=N–C) groups is 1. The van der Waals surface area contributed by atoms with E-state index in [0.29, 0.717) is 13.2 Å². The van der Waals surface area contributed by atoms with Crippen LogP contribution in [0.5, 0.6) is 11.5 Å². The zero-order valence-corrected chi connectivity index (χ0v) is 15.7. The van der Waals surface area contributed by atoms with Gasteiger partial charge in [0.1, 0.15) is 0 Å². The van der Waals surface area contributed by atoms with Crippen molar-refractivity contribution in [2.75, 3.05) is 26.3 Å². The van der Waals surface area contributed by atoms with E-state index < -0.39 is 0 Å². The van der Waals surface area contributed by atoms with Crippen molar-refractivity contribution in [1.29, 1.82) is 0 Å². The molecule has 0 saturated heterocycles. The molecule has 22 heavy (non-hydrogen) atoms. The van der Waals surface area contributed by atoms with Crippen LogP contribution in [0.2, 0.25) is 0 Å². The standard InChI is InChI=1S/C16H25N3O2.HI/c1-3-8-18-16(17-4-2)19-12-13-6-7-14-15(11-13)21-10-5-9-20-14;/h6-7,11H,3-5,8-10,12H2,1-2H3,(H2,17,18,19);1H. The molecule has 0 bridgehead atoms. The molecule has 2 rings (SSSR count). The van der Waals surface area contributed by atoms with Crippen LogP contribution in [0.15, 0.2) is 23.2 Å². The number of halogens is 1. The number of ether oxygens (including phenoxy) is 2. The lowest BCUT2D eigenvalue weighted by Gasteiger charge is -2.11. The van der Waals surface area contributed by atoms with Crippen molar-refractivity contribution in [3.63, 3.8) is 0 Å². The Labute approximate surface area is 149 Å². The molecule has 0 radical (unpaired) electrons. The Bertz CT molecular complexity index is 480. The van der Waals surface area contributed by atoms with Crippen LogP contribution in [-0.2, 0) is 6.54 Å². The molecule has 2 N–H and O–H groups in total. The minimum absolute atomic E-state index is 0. The van der Waals surface area contributed by atoms with Crippen LogP contribution >= 0.6 is 24.0 Å². The minimum Gasteiger partial charge on any atom is -0.490 e. The van der Waals surface area contributed by atoms with Crippen molar-refractivity contribution in [2.24, 2.45) is 4.99 Å². The van der Waals surface area contributed by atoms with Crippen LogP contribution in [0, 0.1) is 0 Å². The number of fused-ring (bicyclic) bond motifs is 1. The van der Waals surface area contributed by atoms with E-state index in [2.05, 4.69) is 29.5 Å². The number of nitrogens with one attached hydrogen (secondary N) is 2. The van der Waals surface area contributed by atoms with Crippen molar-refractivity contribution < 1.29 is 9.47 Å². The lowest BCUT2D eigenvalue weighted by molar-refractivity contribution is 0.297. The Kier molecular flexibility index (Phi) is 9.03. The molecular weight excluding hydrogens is 393 g/mol. The lowest BCUT2D eigenvalue weighted by atomic mass is 10.2. The molecule has 6 heteroatoms. The molecule has 124 valence electrons. The Morgan fingerprint density at radius 2 is 1.91 bits per heavy atom. The van der Waals surface area contributed by atoms with E-state index in [0.717, 1.165) is 55.6 Å². The first-order valence-corrected chi connectivity index (χ1v) is 7.74. The quantitative estimate of drug-likeness (QED) is 0.438. The van der Waals surface area contributed by atoms with E-state index in [1.54, 1.807) is 0 Å². The fraction of sp³-hybridized carbons (Fsp3) is 0.562. The summed E-state index contributed by atoms with van der Waals surface area (Å²) in [5.74, 6) is 2.51. The number of benzene rings is 1. The van der Waals surface area contributed by atoms with Crippen LogP contribution in [-0.4, -0.2) is 32.3 Å². The predicted molar refractivity (Wildman–Crippen MR) is 101 cm³/mol. The molecule has 1 aliphatic rings. The SMILES string of the molecule is CCCNC(=NCc1ccc2c(c1)OCCCO2)NCC.I. The average molecular weight is 419 g/mol. The van der Waals surface area contributed by atoms with Crippen LogP contribution in [0.4, 0.5) is 0 Å². The smallest absolute Gasteiger partial charge is 0.191 e. The van der Waals surface area contributed by atoms with E-state index in [4.69, 9.17) is 9.47 Å². The highest BCUT2D eigenvalue weighted by molar-refractivity contribution is 14.0. The highest BCUT2D eigenvalue weighted by Gasteiger charge is 2.10. The van der Waals surface area contributed by atoms with Gasteiger partial charge in [0.05, 0.1) is 19.8 Å². The second kappa shape index (κ2) is 10.5. The topological polar surface area (TPSA) is 54.9 Å². The Balaban J connectivity index is 0.00000242. The molecule has 1 aromatic carbocycles. The normalized spacial score (nSPS) is 13.8. The van der Waals surface area contributed by atoms with Gasteiger partial charge in [0, 0.05) is 19.5 Å². The van der Waals surface area contributed by atoms with Gasteiger partial charge in [0.25, 0.3) is 0 Å². The summed E-state index contributed by atoms with van der Waals surface area (Å²) in [6.07, 6.45) is 2.00. The molecule has 0 aliphatic carbocycles. The van der Waals surface area contributed by atoms with Crippen molar-refractivity contribution in [1.82, 2.24) is 10.6 Å². The number of rotatable bonds is 5. The van der Waals surface area contributed by atoms with Crippen molar-refractivity contribution in [3.05, 3.63) is 23.8 Å². The first-order chi connectivity index (χ1) is 10.3. The molecule has 1 heterocycles. The van der Waals surface area contributed by atoms with Gasteiger partial charge in [0.2, 0.25) is 0 Å². The second-order valence-electron chi connectivity index (χ2n) is 4.95. The Hall–Kier alpha value is -1.18. The monoisotopic (exact) mass is 419 g/mol.